The van der Waals surface area contributed by atoms with Crippen LogP contribution in [-0.4, -0.2) is 50.8 Å². The summed E-state index contributed by atoms with van der Waals surface area (Å²) in [7, 11) is 1.82. The van der Waals surface area contributed by atoms with Gasteiger partial charge in [0.1, 0.15) is 0 Å². The number of unbranched alkanes of at least 4 members (excludes halogenated alkanes) is 1. The standard InChI is InChI=1S/C15H33N3OS.HI/c1-6-19-14(13(2)3)9-11-18-15(16-4)17-10-7-8-12-20-5;/h13-14H,6-12H2,1-5H3,(H2,16,17,18);1H. The number of halogens is 1. The van der Waals surface area contributed by atoms with Gasteiger partial charge in [0.05, 0.1) is 6.10 Å². The molecule has 4 nitrogen and oxygen atoms in total. The molecule has 0 rings (SSSR count). The van der Waals surface area contributed by atoms with Gasteiger partial charge in [-0.05, 0) is 44.1 Å². The molecule has 0 bridgehead atoms. The fourth-order valence-corrected chi connectivity index (χ4v) is 2.45. The van der Waals surface area contributed by atoms with E-state index >= 15 is 0 Å². The van der Waals surface area contributed by atoms with E-state index in [1.165, 1.54) is 18.6 Å². The Bertz CT molecular complexity index is 253. The van der Waals surface area contributed by atoms with Crippen molar-refractivity contribution in [2.24, 2.45) is 10.9 Å². The normalized spacial score (nSPS) is 13.0. The number of nitrogens with zero attached hydrogens (tertiary/aromatic N) is 1. The number of aliphatic imine (C=N–C) groups is 1. The van der Waals surface area contributed by atoms with E-state index < -0.39 is 0 Å². The summed E-state index contributed by atoms with van der Waals surface area (Å²) in [6.07, 6.45) is 5.93. The van der Waals surface area contributed by atoms with Crippen LogP contribution in [0.15, 0.2) is 4.99 Å². The number of hydrogen-bond acceptors (Lipinski definition) is 3. The van der Waals surface area contributed by atoms with Crippen LogP contribution in [0.5, 0.6) is 0 Å². The molecule has 0 aliphatic heterocycles. The van der Waals surface area contributed by atoms with Gasteiger partial charge in [0.15, 0.2) is 5.96 Å². The Hall–Kier alpha value is 0.310. The van der Waals surface area contributed by atoms with Gasteiger partial charge in [0.25, 0.3) is 0 Å². The second kappa shape index (κ2) is 16.7. The van der Waals surface area contributed by atoms with Crippen molar-refractivity contribution in [1.29, 1.82) is 0 Å². The van der Waals surface area contributed by atoms with Crippen molar-refractivity contribution in [3.63, 3.8) is 0 Å². The van der Waals surface area contributed by atoms with Crippen LogP contribution in [0, 0.1) is 5.92 Å². The Labute approximate surface area is 152 Å². The van der Waals surface area contributed by atoms with Crippen LogP contribution in [0.2, 0.25) is 0 Å². The molecule has 0 saturated carbocycles. The monoisotopic (exact) mass is 431 g/mol. The molecule has 0 aliphatic carbocycles. The van der Waals surface area contributed by atoms with Crippen molar-refractivity contribution < 1.29 is 4.74 Å². The Balaban J connectivity index is 0. The Morgan fingerprint density at radius 2 is 1.86 bits per heavy atom. The number of hydrogen-bond donors (Lipinski definition) is 2. The largest absolute Gasteiger partial charge is 0.378 e. The van der Waals surface area contributed by atoms with Gasteiger partial charge in [-0.3, -0.25) is 4.99 Å². The molecule has 0 amide bonds. The van der Waals surface area contributed by atoms with Gasteiger partial charge in [0, 0.05) is 26.7 Å². The first-order valence-electron chi connectivity index (χ1n) is 7.70. The minimum atomic E-state index is 0. The fourth-order valence-electron chi connectivity index (χ4n) is 1.95. The molecule has 1 atom stereocenters. The zero-order chi connectivity index (χ0) is 15.2. The average molecular weight is 431 g/mol. The molecular formula is C15H34IN3OS. The second-order valence-corrected chi connectivity index (χ2v) is 6.14. The maximum absolute atomic E-state index is 5.74. The Morgan fingerprint density at radius 3 is 2.38 bits per heavy atom. The third-order valence-electron chi connectivity index (χ3n) is 3.14. The van der Waals surface area contributed by atoms with Crippen LogP contribution in [0.4, 0.5) is 0 Å². The highest BCUT2D eigenvalue weighted by Gasteiger charge is 2.12. The van der Waals surface area contributed by atoms with E-state index in [1.54, 1.807) is 0 Å². The molecule has 0 heterocycles. The van der Waals surface area contributed by atoms with E-state index in [2.05, 4.69) is 42.7 Å². The van der Waals surface area contributed by atoms with Crippen molar-refractivity contribution >= 4 is 41.7 Å². The molecule has 2 N–H and O–H groups in total. The summed E-state index contributed by atoms with van der Waals surface area (Å²) in [6.45, 7) is 9.13. The number of guanidine groups is 1. The lowest BCUT2D eigenvalue weighted by Crippen LogP contribution is -2.39. The van der Waals surface area contributed by atoms with Crippen LogP contribution in [-0.2, 0) is 4.74 Å². The summed E-state index contributed by atoms with van der Waals surface area (Å²) in [5.41, 5.74) is 0. The van der Waals surface area contributed by atoms with Crippen LogP contribution in [0.1, 0.15) is 40.0 Å². The zero-order valence-corrected chi connectivity index (χ0v) is 17.4. The smallest absolute Gasteiger partial charge is 0.190 e. The van der Waals surface area contributed by atoms with E-state index in [1.807, 2.05) is 18.8 Å². The van der Waals surface area contributed by atoms with Crippen molar-refractivity contribution in [3.05, 3.63) is 0 Å². The molecule has 6 heteroatoms. The van der Waals surface area contributed by atoms with Gasteiger partial charge >= 0.3 is 0 Å². The maximum Gasteiger partial charge on any atom is 0.190 e. The summed E-state index contributed by atoms with van der Waals surface area (Å²) >= 11 is 1.90. The highest BCUT2D eigenvalue weighted by atomic mass is 127. The van der Waals surface area contributed by atoms with Crippen molar-refractivity contribution in [2.45, 2.75) is 46.1 Å². The number of ether oxygens (including phenoxy) is 1. The molecule has 0 aromatic rings. The maximum atomic E-state index is 5.74. The van der Waals surface area contributed by atoms with Gasteiger partial charge in [-0.1, -0.05) is 13.8 Å². The van der Waals surface area contributed by atoms with Crippen LogP contribution < -0.4 is 10.6 Å². The molecule has 0 spiro atoms. The minimum Gasteiger partial charge on any atom is -0.378 e. The van der Waals surface area contributed by atoms with Gasteiger partial charge in [-0.2, -0.15) is 11.8 Å². The summed E-state index contributed by atoms with van der Waals surface area (Å²) < 4.78 is 5.74. The van der Waals surface area contributed by atoms with Crippen molar-refractivity contribution in [1.82, 2.24) is 10.6 Å². The molecule has 21 heavy (non-hydrogen) atoms. The van der Waals surface area contributed by atoms with Crippen LogP contribution in [0.25, 0.3) is 0 Å². The molecule has 0 aromatic carbocycles. The molecule has 0 radical (unpaired) electrons. The summed E-state index contributed by atoms with van der Waals surface area (Å²) in [4.78, 5) is 4.24. The van der Waals surface area contributed by atoms with E-state index in [0.29, 0.717) is 12.0 Å². The Morgan fingerprint density at radius 1 is 1.19 bits per heavy atom. The molecular weight excluding hydrogens is 397 g/mol. The van der Waals surface area contributed by atoms with Gasteiger partial charge < -0.3 is 15.4 Å². The van der Waals surface area contributed by atoms with Crippen LogP contribution in [0.3, 0.4) is 0 Å². The number of thioether (sulfide) groups is 1. The SMILES string of the molecule is CCOC(CCNC(=NC)NCCCCSC)C(C)C.I. The number of nitrogens with one attached hydrogen (secondary N) is 2. The first kappa shape index (κ1) is 23.6. The minimum absolute atomic E-state index is 0. The van der Waals surface area contributed by atoms with E-state index in [4.69, 9.17) is 4.74 Å². The average Bonchev–Trinajstić information content (AvgIpc) is 2.43. The molecule has 128 valence electrons. The zero-order valence-electron chi connectivity index (χ0n) is 14.3. The quantitative estimate of drug-likeness (QED) is 0.228. The van der Waals surface area contributed by atoms with E-state index in [-0.39, 0.29) is 24.0 Å². The summed E-state index contributed by atoms with van der Waals surface area (Å²) in [5.74, 6) is 2.68. The molecule has 0 fully saturated rings. The lowest BCUT2D eigenvalue weighted by atomic mass is 10.0. The van der Waals surface area contributed by atoms with Crippen molar-refractivity contribution in [3.8, 4) is 0 Å². The molecule has 1 unspecified atom stereocenters. The van der Waals surface area contributed by atoms with Gasteiger partial charge in [-0.25, -0.2) is 0 Å². The predicted molar refractivity (Wildman–Crippen MR) is 107 cm³/mol. The topological polar surface area (TPSA) is 45.6 Å². The lowest BCUT2D eigenvalue weighted by Gasteiger charge is -2.21. The second-order valence-electron chi connectivity index (χ2n) is 5.15. The molecule has 0 saturated heterocycles. The highest BCUT2D eigenvalue weighted by Crippen LogP contribution is 2.09. The van der Waals surface area contributed by atoms with Gasteiger partial charge in [0.2, 0.25) is 0 Å². The first-order chi connectivity index (χ1) is 9.65. The molecule has 0 aliphatic rings. The lowest BCUT2D eigenvalue weighted by molar-refractivity contribution is 0.0258. The Kier molecular flexibility index (Phi) is 18.7. The third kappa shape index (κ3) is 13.7. The van der Waals surface area contributed by atoms with E-state index in [0.717, 1.165) is 32.1 Å². The molecule has 0 aromatic heterocycles. The predicted octanol–water partition coefficient (Wildman–Crippen LogP) is 3.36. The van der Waals surface area contributed by atoms with Gasteiger partial charge in [-0.15, -0.1) is 24.0 Å². The highest BCUT2D eigenvalue weighted by molar-refractivity contribution is 14.0. The summed E-state index contributed by atoms with van der Waals surface area (Å²) in [6, 6.07) is 0. The first-order valence-corrected chi connectivity index (χ1v) is 9.10. The fraction of sp³-hybridized carbons (Fsp3) is 0.933. The van der Waals surface area contributed by atoms with E-state index in [9.17, 15) is 0 Å². The number of rotatable bonds is 11. The third-order valence-corrected chi connectivity index (χ3v) is 3.83. The summed E-state index contributed by atoms with van der Waals surface area (Å²) in [5, 5.41) is 6.71. The van der Waals surface area contributed by atoms with Crippen molar-refractivity contribution in [2.75, 3.05) is 38.8 Å². The van der Waals surface area contributed by atoms with Crippen LogP contribution >= 0.6 is 35.7 Å².